The molecule has 0 bridgehead atoms. The summed E-state index contributed by atoms with van der Waals surface area (Å²) < 4.78 is 13.7. The van der Waals surface area contributed by atoms with Gasteiger partial charge in [0.25, 0.3) is 5.91 Å². The number of nitrogen functional groups attached to an aromatic ring is 1. The first-order valence-corrected chi connectivity index (χ1v) is 5.98. The Morgan fingerprint density at radius 3 is 2.68 bits per heavy atom. The molecule has 19 heavy (non-hydrogen) atoms. The first-order valence-electron chi connectivity index (χ1n) is 5.60. The number of benzene rings is 2. The highest BCUT2D eigenvalue weighted by Crippen LogP contribution is 2.28. The second-order valence-corrected chi connectivity index (χ2v) is 4.55. The molecule has 2 rings (SSSR count). The van der Waals surface area contributed by atoms with E-state index in [4.69, 9.17) is 17.3 Å². The average Bonchev–Trinajstić information content (AvgIpc) is 2.33. The molecule has 1 amide bonds. The van der Waals surface area contributed by atoms with Crippen molar-refractivity contribution in [3.8, 4) is 0 Å². The van der Waals surface area contributed by atoms with Gasteiger partial charge in [-0.3, -0.25) is 4.79 Å². The lowest BCUT2D eigenvalue weighted by Crippen LogP contribution is -2.15. The number of rotatable bonds is 2. The maximum Gasteiger partial charge on any atom is 0.258 e. The van der Waals surface area contributed by atoms with E-state index >= 15 is 0 Å². The summed E-state index contributed by atoms with van der Waals surface area (Å²) in [5.41, 5.74) is 7.02. The SMILES string of the molecule is Cc1ccc(C(=O)Nc2c(N)cccc2Cl)c(F)c1. The minimum atomic E-state index is -0.586. The van der Waals surface area contributed by atoms with Crippen LogP contribution >= 0.6 is 11.6 Å². The molecule has 0 aliphatic heterocycles. The highest BCUT2D eigenvalue weighted by molar-refractivity contribution is 6.34. The van der Waals surface area contributed by atoms with Gasteiger partial charge in [-0.05, 0) is 36.8 Å². The monoisotopic (exact) mass is 278 g/mol. The van der Waals surface area contributed by atoms with Crippen molar-refractivity contribution in [2.45, 2.75) is 6.92 Å². The molecular formula is C14H12ClFN2O. The van der Waals surface area contributed by atoms with E-state index in [1.54, 1.807) is 31.2 Å². The fourth-order valence-corrected chi connectivity index (χ4v) is 1.89. The van der Waals surface area contributed by atoms with Crippen LogP contribution in [0, 0.1) is 12.7 Å². The van der Waals surface area contributed by atoms with Gasteiger partial charge in [-0.15, -0.1) is 0 Å². The van der Waals surface area contributed by atoms with Gasteiger partial charge >= 0.3 is 0 Å². The Kier molecular flexibility index (Phi) is 3.71. The lowest BCUT2D eigenvalue weighted by atomic mass is 10.1. The van der Waals surface area contributed by atoms with Crippen molar-refractivity contribution in [1.29, 1.82) is 0 Å². The second-order valence-electron chi connectivity index (χ2n) is 4.14. The number of hydrogen-bond donors (Lipinski definition) is 2. The zero-order valence-corrected chi connectivity index (χ0v) is 11.0. The van der Waals surface area contributed by atoms with E-state index in [-0.39, 0.29) is 11.3 Å². The molecule has 3 N–H and O–H groups in total. The Morgan fingerprint density at radius 1 is 1.32 bits per heavy atom. The Labute approximate surface area is 115 Å². The third-order valence-electron chi connectivity index (χ3n) is 2.65. The molecule has 3 nitrogen and oxygen atoms in total. The molecule has 0 aromatic heterocycles. The predicted molar refractivity (Wildman–Crippen MR) is 75.0 cm³/mol. The van der Waals surface area contributed by atoms with E-state index in [0.717, 1.165) is 5.56 Å². The molecule has 98 valence electrons. The van der Waals surface area contributed by atoms with Gasteiger partial charge < -0.3 is 11.1 Å². The third-order valence-corrected chi connectivity index (χ3v) is 2.97. The number of nitrogens with two attached hydrogens (primary N) is 1. The number of carbonyl (C=O) groups excluding carboxylic acids is 1. The van der Waals surface area contributed by atoms with Crippen LogP contribution in [0.2, 0.25) is 5.02 Å². The molecule has 0 atom stereocenters. The van der Waals surface area contributed by atoms with Crippen molar-refractivity contribution < 1.29 is 9.18 Å². The quantitative estimate of drug-likeness (QED) is 0.824. The minimum absolute atomic E-state index is 0.0510. The van der Waals surface area contributed by atoms with Crippen molar-refractivity contribution in [3.05, 3.63) is 58.4 Å². The number of carbonyl (C=O) groups is 1. The number of halogens is 2. The third kappa shape index (κ3) is 2.85. The lowest BCUT2D eigenvalue weighted by Gasteiger charge is -2.10. The van der Waals surface area contributed by atoms with Crippen LogP contribution in [0.15, 0.2) is 36.4 Å². The van der Waals surface area contributed by atoms with Crippen molar-refractivity contribution in [1.82, 2.24) is 0 Å². The number of anilines is 2. The molecule has 0 radical (unpaired) electrons. The summed E-state index contributed by atoms with van der Waals surface area (Å²) in [4.78, 5) is 12.0. The van der Waals surface area contributed by atoms with Gasteiger partial charge in [0.2, 0.25) is 0 Å². The molecule has 0 saturated heterocycles. The number of amides is 1. The summed E-state index contributed by atoms with van der Waals surface area (Å²) in [6.07, 6.45) is 0. The summed E-state index contributed by atoms with van der Waals surface area (Å²) in [6.45, 7) is 1.75. The normalized spacial score (nSPS) is 10.3. The van der Waals surface area contributed by atoms with E-state index < -0.39 is 11.7 Å². The topological polar surface area (TPSA) is 55.1 Å². The standard InChI is InChI=1S/C14H12ClFN2O/c1-8-5-6-9(11(16)7-8)14(19)18-13-10(15)3-2-4-12(13)17/h2-7H,17H2,1H3,(H,18,19). The van der Waals surface area contributed by atoms with Gasteiger partial charge in [-0.1, -0.05) is 23.7 Å². The number of aryl methyl sites for hydroxylation is 1. The van der Waals surface area contributed by atoms with Crippen LogP contribution in [0.3, 0.4) is 0 Å². The van der Waals surface area contributed by atoms with E-state index in [0.29, 0.717) is 10.7 Å². The van der Waals surface area contributed by atoms with Gasteiger partial charge in [0, 0.05) is 0 Å². The molecular weight excluding hydrogens is 267 g/mol. The molecule has 0 aliphatic carbocycles. The van der Waals surface area contributed by atoms with Crippen LogP contribution in [0.5, 0.6) is 0 Å². The molecule has 0 unspecified atom stereocenters. The van der Waals surface area contributed by atoms with Crippen LogP contribution in [0.4, 0.5) is 15.8 Å². The van der Waals surface area contributed by atoms with E-state index in [2.05, 4.69) is 5.32 Å². The first-order chi connectivity index (χ1) is 8.99. The minimum Gasteiger partial charge on any atom is -0.397 e. The average molecular weight is 279 g/mol. The van der Waals surface area contributed by atoms with E-state index in [1.165, 1.54) is 12.1 Å². The van der Waals surface area contributed by atoms with E-state index in [1.807, 2.05) is 0 Å². The fourth-order valence-electron chi connectivity index (χ4n) is 1.66. The van der Waals surface area contributed by atoms with Crippen molar-refractivity contribution >= 4 is 28.9 Å². The van der Waals surface area contributed by atoms with E-state index in [9.17, 15) is 9.18 Å². The summed E-state index contributed by atoms with van der Waals surface area (Å²) in [6, 6.07) is 9.25. The largest absolute Gasteiger partial charge is 0.397 e. The fraction of sp³-hybridized carbons (Fsp3) is 0.0714. The Hall–Kier alpha value is -2.07. The summed E-state index contributed by atoms with van der Waals surface area (Å²) in [5, 5.41) is 2.83. The van der Waals surface area contributed by atoms with Gasteiger partial charge in [0.15, 0.2) is 0 Å². The van der Waals surface area contributed by atoms with Gasteiger partial charge in [0.05, 0.1) is 22.0 Å². The van der Waals surface area contributed by atoms with Gasteiger partial charge in [0.1, 0.15) is 5.82 Å². The van der Waals surface area contributed by atoms with Gasteiger partial charge in [-0.25, -0.2) is 4.39 Å². The maximum atomic E-state index is 13.7. The van der Waals surface area contributed by atoms with Crippen LogP contribution in [-0.4, -0.2) is 5.91 Å². The summed E-state index contributed by atoms with van der Waals surface area (Å²) in [7, 11) is 0. The van der Waals surface area contributed by atoms with Crippen molar-refractivity contribution in [2.24, 2.45) is 0 Å². The highest BCUT2D eigenvalue weighted by Gasteiger charge is 2.14. The predicted octanol–water partition coefficient (Wildman–Crippen LogP) is 3.62. The first kappa shape index (κ1) is 13.4. The molecule has 2 aromatic rings. The molecule has 0 spiro atoms. The molecule has 0 fully saturated rings. The molecule has 2 aromatic carbocycles. The summed E-state index contributed by atoms with van der Waals surface area (Å²) >= 11 is 5.94. The molecule has 0 saturated carbocycles. The van der Waals surface area contributed by atoms with Crippen molar-refractivity contribution in [3.63, 3.8) is 0 Å². The number of hydrogen-bond acceptors (Lipinski definition) is 2. The Bertz CT molecular complexity index is 623. The van der Waals surface area contributed by atoms with Crippen LogP contribution in [0.25, 0.3) is 0 Å². The van der Waals surface area contributed by atoms with Crippen LogP contribution in [-0.2, 0) is 0 Å². The van der Waals surface area contributed by atoms with Crippen LogP contribution in [0.1, 0.15) is 15.9 Å². The smallest absolute Gasteiger partial charge is 0.258 e. The number of nitrogens with one attached hydrogen (secondary N) is 1. The van der Waals surface area contributed by atoms with Crippen molar-refractivity contribution in [2.75, 3.05) is 11.1 Å². The molecule has 0 aliphatic rings. The lowest BCUT2D eigenvalue weighted by molar-refractivity contribution is 0.102. The zero-order valence-electron chi connectivity index (χ0n) is 10.2. The highest BCUT2D eigenvalue weighted by atomic mass is 35.5. The van der Waals surface area contributed by atoms with Gasteiger partial charge in [-0.2, -0.15) is 0 Å². The molecule has 5 heteroatoms. The summed E-state index contributed by atoms with van der Waals surface area (Å²) in [5.74, 6) is -1.17. The molecule has 0 heterocycles. The zero-order chi connectivity index (χ0) is 14.0. The second kappa shape index (κ2) is 5.28. The number of para-hydroxylation sites is 1. The van der Waals surface area contributed by atoms with Crippen LogP contribution < -0.4 is 11.1 Å². The Balaban J connectivity index is 2.31. The Morgan fingerprint density at radius 2 is 2.05 bits per heavy atom. The maximum absolute atomic E-state index is 13.7.